The van der Waals surface area contributed by atoms with Gasteiger partial charge in [0, 0.05) is 16.2 Å². The van der Waals surface area contributed by atoms with Gasteiger partial charge in [-0.05, 0) is 50.1 Å². The highest BCUT2D eigenvalue weighted by atomic mass is 79.9. The Hall–Kier alpha value is -1.51. The van der Waals surface area contributed by atoms with E-state index in [9.17, 15) is 5.11 Å². The van der Waals surface area contributed by atoms with E-state index in [1.54, 1.807) is 32.2 Å². The topological polar surface area (TPSA) is 88.5 Å². The lowest BCUT2D eigenvalue weighted by Gasteiger charge is -2.30. The number of benzene rings is 1. The van der Waals surface area contributed by atoms with Crippen LogP contribution >= 0.6 is 27.5 Å². The Balaban J connectivity index is 1.98. The molecule has 0 saturated heterocycles. The molecular formula is C18H21BrClN5O. The first-order valence-corrected chi connectivity index (χ1v) is 9.39. The minimum Gasteiger partial charge on any atom is -0.377 e. The summed E-state index contributed by atoms with van der Waals surface area (Å²) in [5.74, 6) is 0.661. The van der Waals surface area contributed by atoms with Crippen molar-refractivity contribution >= 4 is 33.2 Å². The predicted molar refractivity (Wildman–Crippen MR) is 106 cm³/mol. The van der Waals surface area contributed by atoms with E-state index >= 15 is 0 Å². The maximum absolute atomic E-state index is 10.5. The van der Waals surface area contributed by atoms with Crippen LogP contribution in [-0.4, -0.2) is 31.5 Å². The molecule has 8 heteroatoms. The van der Waals surface area contributed by atoms with Crippen LogP contribution in [0.4, 0.5) is 0 Å². The van der Waals surface area contributed by atoms with Gasteiger partial charge in [-0.15, -0.1) is 10.2 Å². The Morgan fingerprint density at radius 2 is 1.92 bits per heavy atom. The molecule has 0 aliphatic rings. The van der Waals surface area contributed by atoms with Crippen LogP contribution < -0.4 is 11.1 Å². The Morgan fingerprint density at radius 1 is 1.23 bits per heavy atom. The van der Waals surface area contributed by atoms with Gasteiger partial charge in [0.05, 0.1) is 11.1 Å². The summed E-state index contributed by atoms with van der Waals surface area (Å²) in [6.45, 7) is 3.53. The SMILES string of the molecule is CC(C)(N)C(O)N[C@H](Cc1ccc(Br)cc1)c1nnc2ccc(Cl)cn12. The molecule has 4 N–H and O–H groups in total. The summed E-state index contributed by atoms with van der Waals surface area (Å²) in [6.07, 6.45) is 1.45. The molecule has 0 aliphatic carbocycles. The van der Waals surface area contributed by atoms with Crippen LogP contribution in [0.2, 0.25) is 5.02 Å². The lowest BCUT2D eigenvalue weighted by molar-refractivity contribution is 0.0578. The number of pyridine rings is 1. The third-order valence-corrected chi connectivity index (χ3v) is 4.87. The second-order valence-corrected chi connectivity index (χ2v) is 8.26. The summed E-state index contributed by atoms with van der Waals surface area (Å²) in [7, 11) is 0. The fourth-order valence-corrected chi connectivity index (χ4v) is 3.03. The minimum atomic E-state index is -0.922. The number of aromatic nitrogens is 3. The highest BCUT2D eigenvalue weighted by Gasteiger charge is 2.28. The molecule has 0 bridgehead atoms. The largest absolute Gasteiger partial charge is 0.377 e. The van der Waals surface area contributed by atoms with Crippen molar-refractivity contribution in [3.8, 4) is 0 Å². The molecule has 1 unspecified atom stereocenters. The van der Waals surface area contributed by atoms with Gasteiger partial charge in [0.15, 0.2) is 11.5 Å². The molecular weight excluding hydrogens is 418 g/mol. The first-order chi connectivity index (χ1) is 12.2. The number of rotatable bonds is 6. The summed E-state index contributed by atoms with van der Waals surface area (Å²) < 4.78 is 2.84. The van der Waals surface area contributed by atoms with Gasteiger partial charge in [-0.3, -0.25) is 9.72 Å². The van der Waals surface area contributed by atoms with E-state index in [1.807, 2.05) is 28.7 Å². The molecule has 0 aliphatic heterocycles. The highest BCUT2D eigenvalue weighted by Crippen LogP contribution is 2.22. The Labute approximate surface area is 165 Å². The van der Waals surface area contributed by atoms with E-state index in [4.69, 9.17) is 17.3 Å². The fourth-order valence-electron chi connectivity index (χ4n) is 2.61. The van der Waals surface area contributed by atoms with Gasteiger partial charge >= 0.3 is 0 Å². The molecule has 2 heterocycles. The maximum atomic E-state index is 10.5. The van der Waals surface area contributed by atoms with Crippen LogP contribution in [0, 0.1) is 0 Å². The molecule has 0 radical (unpaired) electrons. The first-order valence-electron chi connectivity index (χ1n) is 8.21. The van der Waals surface area contributed by atoms with E-state index in [-0.39, 0.29) is 6.04 Å². The van der Waals surface area contributed by atoms with Crippen molar-refractivity contribution in [2.24, 2.45) is 5.73 Å². The summed E-state index contributed by atoms with van der Waals surface area (Å²) in [4.78, 5) is 0. The lowest BCUT2D eigenvalue weighted by atomic mass is 10.0. The number of aliphatic hydroxyl groups excluding tert-OH is 1. The zero-order valence-electron chi connectivity index (χ0n) is 14.5. The van der Waals surface area contributed by atoms with Crippen molar-refractivity contribution in [3.05, 3.63) is 63.5 Å². The van der Waals surface area contributed by atoms with E-state index in [0.29, 0.717) is 22.9 Å². The van der Waals surface area contributed by atoms with Crippen LogP contribution in [0.25, 0.3) is 5.65 Å². The summed E-state index contributed by atoms with van der Waals surface area (Å²) in [6, 6.07) is 11.3. The van der Waals surface area contributed by atoms with Crippen molar-refractivity contribution in [3.63, 3.8) is 0 Å². The van der Waals surface area contributed by atoms with E-state index in [1.165, 1.54) is 0 Å². The van der Waals surface area contributed by atoms with E-state index in [0.717, 1.165) is 10.0 Å². The molecule has 0 fully saturated rings. The number of nitrogens with two attached hydrogens (primary N) is 1. The molecule has 3 rings (SSSR count). The van der Waals surface area contributed by atoms with Crippen molar-refractivity contribution in [2.45, 2.75) is 38.1 Å². The van der Waals surface area contributed by atoms with Crippen molar-refractivity contribution in [2.75, 3.05) is 0 Å². The van der Waals surface area contributed by atoms with Gasteiger partial charge in [0.1, 0.15) is 6.23 Å². The molecule has 1 aromatic carbocycles. The standard InChI is InChI=1S/C18H21BrClN5O/c1-18(2,21)17(26)22-14(9-11-3-5-12(19)6-4-11)16-24-23-15-8-7-13(20)10-25(15)16/h3-8,10,14,17,22,26H,9,21H2,1-2H3/t14-,17?/m1/s1. The number of hydrogen-bond acceptors (Lipinski definition) is 5. The van der Waals surface area contributed by atoms with Crippen molar-refractivity contribution in [1.82, 2.24) is 19.9 Å². The van der Waals surface area contributed by atoms with Crippen LogP contribution in [0.5, 0.6) is 0 Å². The highest BCUT2D eigenvalue weighted by molar-refractivity contribution is 9.10. The van der Waals surface area contributed by atoms with Gasteiger partial charge in [0.2, 0.25) is 0 Å². The Bertz CT molecular complexity index is 891. The van der Waals surface area contributed by atoms with Crippen molar-refractivity contribution in [1.29, 1.82) is 0 Å². The maximum Gasteiger partial charge on any atom is 0.160 e. The van der Waals surface area contributed by atoms with Gasteiger partial charge in [-0.1, -0.05) is 39.7 Å². The second kappa shape index (κ2) is 7.62. The van der Waals surface area contributed by atoms with Crippen LogP contribution in [0.3, 0.4) is 0 Å². The summed E-state index contributed by atoms with van der Waals surface area (Å²) in [5, 5.41) is 22.8. The third kappa shape index (κ3) is 4.42. The summed E-state index contributed by atoms with van der Waals surface area (Å²) in [5.41, 5.74) is 7.02. The molecule has 138 valence electrons. The van der Waals surface area contributed by atoms with Gasteiger partial charge in [0.25, 0.3) is 0 Å². The zero-order chi connectivity index (χ0) is 18.9. The monoisotopic (exact) mass is 437 g/mol. The number of fused-ring (bicyclic) bond motifs is 1. The molecule has 3 aromatic rings. The average Bonchev–Trinajstić information content (AvgIpc) is 2.98. The number of nitrogens with zero attached hydrogens (tertiary/aromatic N) is 3. The molecule has 2 atom stereocenters. The van der Waals surface area contributed by atoms with E-state index in [2.05, 4.69) is 31.4 Å². The first kappa shape index (κ1) is 19.3. The molecule has 0 spiro atoms. The second-order valence-electron chi connectivity index (χ2n) is 6.91. The smallest absolute Gasteiger partial charge is 0.160 e. The van der Waals surface area contributed by atoms with Crippen LogP contribution in [0.1, 0.15) is 31.3 Å². The molecule has 0 amide bonds. The molecule has 2 aromatic heterocycles. The third-order valence-electron chi connectivity index (χ3n) is 4.12. The number of halogens is 2. The number of aliphatic hydroxyl groups is 1. The Kier molecular flexibility index (Phi) is 5.64. The van der Waals surface area contributed by atoms with Crippen LogP contribution in [-0.2, 0) is 6.42 Å². The van der Waals surface area contributed by atoms with Gasteiger partial charge in [-0.25, -0.2) is 0 Å². The van der Waals surface area contributed by atoms with Crippen LogP contribution in [0.15, 0.2) is 47.1 Å². The Morgan fingerprint density at radius 3 is 2.58 bits per heavy atom. The fraction of sp³-hybridized carbons (Fsp3) is 0.333. The van der Waals surface area contributed by atoms with Gasteiger partial charge < -0.3 is 10.8 Å². The zero-order valence-corrected chi connectivity index (χ0v) is 16.9. The molecule has 0 saturated carbocycles. The van der Waals surface area contributed by atoms with E-state index < -0.39 is 11.8 Å². The normalized spacial score (nSPS) is 14.5. The lowest BCUT2D eigenvalue weighted by Crippen LogP contribution is -2.54. The summed E-state index contributed by atoms with van der Waals surface area (Å²) >= 11 is 9.58. The average molecular weight is 439 g/mol. The molecule has 26 heavy (non-hydrogen) atoms. The predicted octanol–water partition coefficient (Wildman–Crippen LogP) is 3.07. The number of hydrogen-bond donors (Lipinski definition) is 3. The minimum absolute atomic E-state index is 0.303. The van der Waals surface area contributed by atoms with Crippen molar-refractivity contribution < 1.29 is 5.11 Å². The quantitative estimate of drug-likeness (QED) is 0.515. The molecule has 6 nitrogen and oxygen atoms in total. The van der Waals surface area contributed by atoms with Gasteiger partial charge in [-0.2, -0.15) is 0 Å². The number of nitrogens with one attached hydrogen (secondary N) is 1.